The standard InChI is InChI=1S/C25H29Cl2FN2O2/c1-2-23(25(32)29-18-10-4-3-5-11-18)30(16-17-9-6-7-12-20(17)26)24(31)15-19-21(27)13-8-14-22(19)28/h6-9,12-14,18,23H,2-5,10-11,15-16H2,1H3,(H,29,32)/t23-/m1/s1. The van der Waals surface area contributed by atoms with E-state index in [0.29, 0.717) is 11.4 Å². The molecule has 3 rings (SSSR count). The fourth-order valence-electron chi connectivity index (χ4n) is 4.23. The van der Waals surface area contributed by atoms with E-state index < -0.39 is 11.9 Å². The molecular formula is C25H29Cl2FN2O2. The van der Waals surface area contributed by atoms with Crippen LogP contribution in [0.4, 0.5) is 4.39 Å². The van der Waals surface area contributed by atoms with Crippen LogP contribution in [0.25, 0.3) is 0 Å². The fourth-order valence-corrected chi connectivity index (χ4v) is 4.65. The van der Waals surface area contributed by atoms with Crippen molar-refractivity contribution < 1.29 is 14.0 Å². The van der Waals surface area contributed by atoms with Crippen molar-refractivity contribution in [3.63, 3.8) is 0 Å². The molecule has 2 amide bonds. The molecule has 1 aliphatic carbocycles. The van der Waals surface area contributed by atoms with Crippen LogP contribution in [0.5, 0.6) is 0 Å². The maximum Gasteiger partial charge on any atom is 0.243 e. The molecule has 4 nitrogen and oxygen atoms in total. The highest BCUT2D eigenvalue weighted by Gasteiger charge is 2.31. The zero-order valence-electron chi connectivity index (χ0n) is 18.3. The lowest BCUT2D eigenvalue weighted by molar-refractivity contribution is -0.141. The van der Waals surface area contributed by atoms with Gasteiger partial charge in [-0.15, -0.1) is 0 Å². The second kappa shape index (κ2) is 11.7. The summed E-state index contributed by atoms with van der Waals surface area (Å²) in [5.41, 5.74) is 0.858. The summed E-state index contributed by atoms with van der Waals surface area (Å²) in [6.07, 6.45) is 5.47. The quantitative estimate of drug-likeness (QED) is 0.510. The van der Waals surface area contributed by atoms with Gasteiger partial charge in [-0.1, -0.05) is 73.7 Å². The molecule has 32 heavy (non-hydrogen) atoms. The molecule has 1 N–H and O–H groups in total. The molecule has 172 valence electrons. The van der Waals surface area contributed by atoms with E-state index >= 15 is 0 Å². The Hall–Kier alpha value is -2.11. The minimum atomic E-state index is -0.689. The molecule has 1 fully saturated rings. The van der Waals surface area contributed by atoms with Crippen molar-refractivity contribution in [3.05, 3.63) is 69.5 Å². The van der Waals surface area contributed by atoms with Gasteiger partial charge in [0.25, 0.3) is 0 Å². The molecule has 0 aromatic heterocycles. The van der Waals surface area contributed by atoms with Crippen molar-refractivity contribution in [2.24, 2.45) is 0 Å². The zero-order chi connectivity index (χ0) is 23.1. The van der Waals surface area contributed by atoms with Gasteiger partial charge >= 0.3 is 0 Å². The molecule has 0 bridgehead atoms. The lowest BCUT2D eigenvalue weighted by Gasteiger charge is -2.33. The predicted octanol–water partition coefficient (Wildman–Crippen LogP) is 5.93. The third-order valence-corrected chi connectivity index (χ3v) is 6.75. The van der Waals surface area contributed by atoms with Gasteiger partial charge in [-0.3, -0.25) is 9.59 Å². The van der Waals surface area contributed by atoms with E-state index in [4.69, 9.17) is 23.2 Å². The first-order valence-electron chi connectivity index (χ1n) is 11.2. The number of hydrogen-bond acceptors (Lipinski definition) is 2. The van der Waals surface area contributed by atoms with Gasteiger partial charge in [0.2, 0.25) is 11.8 Å². The predicted molar refractivity (Wildman–Crippen MR) is 126 cm³/mol. The molecule has 0 unspecified atom stereocenters. The molecule has 7 heteroatoms. The normalized spacial score (nSPS) is 15.2. The second-order valence-corrected chi connectivity index (χ2v) is 9.07. The Balaban J connectivity index is 1.86. The number of nitrogens with zero attached hydrogens (tertiary/aromatic N) is 1. The molecule has 0 spiro atoms. The van der Waals surface area contributed by atoms with Gasteiger partial charge in [-0.2, -0.15) is 0 Å². The summed E-state index contributed by atoms with van der Waals surface area (Å²) in [7, 11) is 0. The number of carbonyl (C=O) groups excluding carboxylic acids is 2. The topological polar surface area (TPSA) is 49.4 Å². The Morgan fingerprint density at radius 3 is 2.41 bits per heavy atom. The molecule has 2 aromatic rings. The first-order valence-corrected chi connectivity index (χ1v) is 11.9. The highest BCUT2D eigenvalue weighted by atomic mass is 35.5. The number of rotatable bonds is 8. The lowest BCUT2D eigenvalue weighted by Crippen LogP contribution is -2.52. The number of halogens is 3. The average molecular weight is 479 g/mol. The Bertz CT molecular complexity index is 927. The van der Waals surface area contributed by atoms with Crippen LogP contribution >= 0.6 is 23.2 Å². The summed E-state index contributed by atoms with van der Waals surface area (Å²) in [6.45, 7) is 2.02. The van der Waals surface area contributed by atoms with Gasteiger partial charge in [0.05, 0.1) is 6.42 Å². The van der Waals surface area contributed by atoms with E-state index in [9.17, 15) is 14.0 Å². The van der Waals surface area contributed by atoms with Crippen molar-refractivity contribution >= 4 is 35.0 Å². The van der Waals surface area contributed by atoms with Crippen LogP contribution < -0.4 is 5.32 Å². The van der Waals surface area contributed by atoms with Crippen LogP contribution in [0, 0.1) is 5.82 Å². The summed E-state index contributed by atoms with van der Waals surface area (Å²) in [5, 5.41) is 3.83. The minimum absolute atomic E-state index is 0.128. The number of benzene rings is 2. The fraction of sp³-hybridized carbons (Fsp3) is 0.440. The summed E-state index contributed by atoms with van der Waals surface area (Å²) in [6, 6.07) is 11.0. The van der Waals surface area contributed by atoms with Gasteiger partial charge < -0.3 is 10.2 Å². The average Bonchev–Trinajstić information content (AvgIpc) is 2.78. The molecule has 0 saturated heterocycles. The molecule has 0 aliphatic heterocycles. The molecule has 2 aromatic carbocycles. The van der Waals surface area contributed by atoms with E-state index in [0.717, 1.165) is 31.2 Å². The van der Waals surface area contributed by atoms with Gasteiger partial charge in [-0.05, 0) is 43.0 Å². The van der Waals surface area contributed by atoms with Crippen LogP contribution in [0.2, 0.25) is 10.0 Å². The maximum absolute atomic E-state index is 14.4. The van der Waals surface area contributed by atoms with Crippen molar-refractivity contribution in [2.45, 2.75) is 70.5 Å². The molecular weight excluding hydrogens is 450 g/mol. The van der Waals surface area contributed by atoms with Crippen LogP contribution in [0.15, 0.2) is 42.5 Å². The van der Waals surface area contributed by atoms with Crippen molar-refractivity contribution in [3.8, 4) is 0 Å². The Morgan fingerprint density at radius 2 is 1.75 bits per heavy atom. The third kappa shape index (κ3) is 6.23. The van der Waals surface area contributed by atoms with Crippen LogP contribution in [0.3, 0.4) is 0 Å². The summed E-state index contributed by atoms with van der Waals surface area (Å²) in [4.78, 5) is 28.1. The third-order valence-electron chi connectivity index (χ3n) is 6.03. The second-order valence-electron chi connectivity index (χ2n) is 8.26. The zero-order valence-corrected chi connectivity index (χ0v) is 19.8. The van der Waals surface area contributed by atoms with E-state index in [1.165, 1.54) is 23.5 Å². The monoisotopic (exact) mass is 478 g/mol. The first-order chi connectivity index (χ1) is 15.4. The van der Waals surface area contributed by atoms with Crippen LogP contribution in [-0.2, 0) is 22.6 Å². The molecule has 1 aliphatic rings. The largest absolute Gasteiger partial charge is 0.352 e. The van der Waals surface area contributed by atoms with E-state index in [1.54, 1.807) is 12.1 Å². The Morgan fingerprint density at radius 1 is 1.06 bits per heavy atom. The van der Waals surface area contributed by atoms with Crippen molar-refractivity contribution in [1.82, 2.24) is 10.2 Å². The number of carbonyl (C=O) groups is 2. The van der Waals surface area contributed by atoms with Crippen LogP contribution in [-0.4, -0.2) is 28.8 Å². The smallest absolute Gasteiger partial charge is 0.243 e. The van der Waals surface area contributed by atoms with Gasteiger partial charge in [0.15, 0.2) is 0 Å². The van der Waals surface area contributed by atoms with E-state index in [1.807, 2.05) is 25.1 Å². The van der Waals surface area contributed by atoms with Crippen LogP contribution in [0.1, 0.15) is 56.6 Å². The summed E-state index contributed by atoms with van der Waals surface area (Å²) in [5.74, 6) is -1.09. The van der Waals surface area contributed by atoms with Crippen molar-refractivity contribution in [1.29, 1.82) is 0 Å². The van der Waals surface area contributed by atoms with E-state index in [2.05, 4.69) is 5.32 Å². The first kappa shape index (κ1) is 24.5. The highest BCUT2D eigenvalue weighted by Crippen LogP contribution is 2.24. The number of amides is 2. The number of hydrogen-bond donors (Lipinski definition) is 1. The molecule has 0 radical (unpaired) electrons. The highest BCUT2D eigenvalue weighted by molar-refractivity contribution is 6.31. The maximum atomic E-state index is 14.4. The van der Waals surface area contributed by atoms with Gasteiger partial charge in [0.1, 0.15) is 11.9 Å². The Labute approximate surface area is 199 Å². The lowest BCUT2D eigenvalue weighted by atomic mass is 9.95. The van der Waals surface area contributed by atoms with Crippen molar-refractivity contribution in [2.75, 3.05) is 0 Å². The SMILES string of the molecule is CC[C@H](C(=O)NC1CCCCC1)N(Cc1ccccc1Cl)C(=O)Cc1c(F)cccc1Cl. The van der Waals surface area contributed by atoms with Gasteiger partial charge in [0, 0.05) is 28.2 Å². The van der Waals surface area contributed by atoms with E-state index in [-0.39, 0.29) is 41.4 Å². The molecule has 0 heterocycles. The molecule has 1 saturated carbocycles. The molecule has 1 atom stereocenters. The summed E-state index contributed by atoms with van der Waals surface area (Å²) >= 11 is 12.5. The van der Waals surface area contributed by atoms with Gasteiger partial charge in [-0.25, -0.2) is 4.39 Å². The Kier molecular flexibility index (Phi) is 8.94. The minimum Gasteiger partial charge on any atom is -0.352 e. The summed E-state index contributed by atoms with van der Waals surface area (Å²) < 4.78 is 14.4. The number of nitrogens with one attached hydrogen (secondary N) is 1.